The molecule has 0 amide bonds. The molecular formula is C18H19F3N2O. The molecule has 2 N–H and O–H groups in total. The molecule has 1 heterocycles. The van der Waals surface area contributed by atoms with E-state index < -0.39 is 11.7 Å². The van der Waals surface area contributed by atoms with Crippen molar-refractivity contribution in [3.05, 3.63) is 64.7 Å². The molecule has 0 saturated heterocycles. The Morgan fingerprint density at radius 2 is 1.92 bits per heavy atom. The molecule has 0 fully saturated rings. The Bertz CT molecular complexity index is 730. The molecule has 1 aliphatic heterocycles. The number of nitrogens with two attached hydrogens (primary N) is 1. The minimum atomic E-state index is -4.36. The normalized spacial score (nSPS) is 17.8. The highest BCUT2D eigenvalue weighted by Gasteiger charge is 2.39. The molecule has 0 radical (unpaired) electrons. The topological polar surface area (TPSA) is 38.5 Å². The lowest BCUT2D eigenvalue weighted by Gasteiger charge is -2.24. The number of methoxy groups -OCH3 is 1. The molecule has 0 spiro atoms. The van der Waals surface area contributed by atoms with Gasteiger partial charge in [-0.2, -0.15) is 13.2 Å². The third kappa shape index (κ3) is 2.99. The first-order chi connectivity index (χ1) is 11.5. The van der Waals surface area contributed by atoms with Gasteiger partial charge in [-0.25, -0.2) is 0 Å². The molecule has 24 heavy (non-hydrogen) atoms. The van der Waals surface area contributed by atoms with E-state index in [9.17, 15) is 13.2 Å². The Morgan fingerprint density at radius 3 is 2.58 bits per heavy atom. The van der Waals surface area contributed by atoms with Crippen LogP contribution in [-0.4, -0.2) is 18.6 Å². The Balaban J connectivity index is 1.95. The minimum absolute atomic E-state index is 0.227. The predicted octanol–water partition coefficient (Wildman–Crippen LogP) is 3.73. The molecule has 0 aliphatic carbocycles. The van der Waals surface area contributed by atoms with Crippen LogP contribution in [0.3, 0.4) is 0 Å². The number of rotatable bonds is 4. The molecule has 2 aromatic carbocycles. The van der Waals surface area contributed by atoms with Crippen LogP contribution in [0.4, 0.5) is 13.2 Å². The van der Waals surface area contributed by atoms with Gasteiger partial charge < -0.3 is 10.5 Å². The molecule has 1 aliphatic rings. The molecule has 2 aromatic rings. The SMILES string of the molecule is COc1ccccc1CN1Cc2c(cccc2C(F)(F)F)C1CN. The van der Waals surface area contributed by atoms with E-state index in [0.717, 1.165) is 17.4 Å². The van der Waals surface area contributed by atoms with Crippen molar-refractivity contribution in [3.63, 3.8) is 0 Å². The maximum atomic E-state index is 13.3. The summed E-state index contributed by atoms with van der Waals surface area (Å²) in [5, 5.41) is 0. The second-order valence-corrected chi connectivity index (χ2v) is 5.84. The zero-order chi connectivity index (χ0) is 17.3. The van der Waals surface area contributed by atoms with Crippen LogP contribution >= 0.6 is 0 Å². The number of nitrogens with zero attached hydrogens (tertiary/aromatic N) is 1. The van der Waals surface area contributed by atoms with Gasteiger partial charge in [-0.15, -0.1) is 0 Å². The molecule has 3 rings (SSSR count). The van der Waals surface area contributed by atoms with Gasteiger partial charge in [-0.3, -0.25) is 4.90 Å². The van der Waals surface area contributed by atoms with Crippen molar-refractivity contribution in [2.75, 3.05) is 13.7 Å². The number of fused-ring (bicyclic) bond motifs is 1. The lowest BCUT2D eigenvalue weighted by atomic mass is 9.99. The largest absolute Gasteiger partial charge is 0.496 e. The molecule has 6 heteroatoms. The van der Waals surface area contributed by atoms with Crippen LogP contribution in [0.5, 0.6) is 5.75 Å². The van der Waals surface area contributed by atoms with Crippen LogP contribution in [0.2, 0.25) is 0 Å². The van der Waals surface area contributed by atoms with E-state index in [2.05, 4.69) is 0 Å². The van der Waals surface area contributed by atoms with Crippen molar-refractivity contribution >= 4 is 0 Å². The highest BCUT2D eigenvalue weighted by Crippen LogP contribution is 2.42. The highest BCUT2D eigenvalue weighted by molar-refractivity contribution is 5.43. The van der Waals surface area contributed by atoms with E-state index >= 15 is 0 Å². The van der Waals surface area contributed by atoms with Crippen LogP contribution < -0.4 is 10.5 Å². The molecule has 3 nitrogen and oxygen atoms in total. The van der Waals surface area contributed by atoms with Gasteiger partial charge in [-0.05, 0) is 23.3 Å². The van der Waals surface area contributed by atoms with Crippen LogP contribution in [0.1, 0.15) is 28.3 Å². The van der Waals surface area contributed by atoms with Gasteiger partial charge in [0.1, 0.15) is 5.75 Å². The zero-order valence-corrected chi connectivity index (χ0v) is 13.3. The fourth-order valence-electron chi connectivity index (χ4n) is 3.36. The Morgan fingerprint density at radius 1 is 1.17 bits per heavy atom. The van der Waals surface area contributed by atoms with E-state index in [1.165, 1.54) is 6.07 Å². The van der Waals surface area contributed by atoms with Crippen molar-refractivity contribution in [1.29, 1.82) is 0 Å². The van der Waals surface area contributed by atoms with Crippen molar-refractivity contribution in [1.82, 2.24) is 4.90 Å². The molecular weight excluding hydrogens is 317 g/mol. The van der Waals surface area contributed by atoms with Gasteiger partial charge in [0.15, 0.2) is 0 Å². The fourth-order valence-corrected chi connectivity index (χ4v) is 3.36. The van der Waals surface area contributed by atoms with Crippen molar-refractivity contribution in [3.8, 4) is 5.75 Å². The molecule has 128 valence electrons. The number of hydrogen-bond donors (Lipinski definition) is 1. The van der Waals surface area contributed by atoms with Crippen molar-refractivity contribution in [2.45, 2.75) is 25.3 Å². The summed E-state index contributed by atoms with van der Waals surface area (Å²) in [6, 6.07) is 11.6. The molecule has 1 unspecified atom stereocenters. The second-order valence-electron chi connectivity index (χ2n) is 5.84. The molecule has 0 saturated carbocycles. The van der Waals surface area contributed by atoms with E-state index in [1.807, 2.05) is 29.2 Å². The van der Waals surface area contributed by atoms with Crippen LogP contribution in [-0.2, 0) is 19.3 Å². The minimum Gasteiger partial charge on any atom is -0.496 e. The second kappa shape index (κ2) is 6.45. The Labute approximate surface area is 138 Å². The van der Waals surface area contributed by atoms with Gasteiger partial charge >= 0.3 is 6.18 Å². The van der Waals surface area contributed by atoms with Gasteiger partial charge in [-0.1, -0.05) is 30.3 Å². The van der Waals surface area contributed by atoms with E-state index in [0.29, 0.717) is 17.7 Å². The van der Waals surface area contributed by atoms with Gasteiger partial charge in [0.2, 0.25) is 0 Å². The standard InChI is InChI=1S/C18H19F3N2O/c1-24-17-8-3-2-5-12(17)10-23-11-14-13(16(23)9-22)6-4-7-15(14)18(19,20)21/h2-8,16H,9-11,22H2,1H3. The summed E-state index contributed by atoms with van der Waals surface area (Å²) in [4.78, 5) is 1.97. The van der Waals surface area contributed by atoms with E-state index in [4.69, 9.17) is 10.5 Å². The van der Waals surface area contributed by atoms with Crippen LogP contribution in [0.15, 0.2) is 42.5 Å². The van der Waals surface area contributed by atoms with Crippen molar-refractivity contribution in [2.24, 2.45) is 5.73 Å². The molecule has 1 atom stereocenters. The van der Waals surface area contributed by atoms with E-state index in [-0.39, 0.29) is 19.1 Å². The van der Waals surface area contributed by atoms with E-state index in [1.54, 1.807) is 13.2 Å². The highest BCUT2D eigenvalue weighted by atomic mass is 19.4. The summed E-state index contributed by atoms with van der Waals surface area (Å²) < 4.78 is 45.2. The summed E-state index contributed by atoms with van der Waals surface area (Å²) >= 11 is 0. The summed E-state index contributed by atoms with van der Waals surface area (Å²) in [5.74, 6) is 0.722. The number of para-hydroxylation sites is 1. The maximum Gasteiger partial charge on any atom is 0.416 e. The number of halogens is 3. The lowest BCUT2D eigenvalue weighted by Crippen LogP contribution is -2.27. The monoisotopic (exact) mass is 336 g/mol. The fraction of sp³-hybridized carbons (Fsp3) is 0.333. The predicted molar refractivity (Wildman–Crippen MR) is 85.5 cm³/mol. The number of benzene rings is 2. The Kier molecular flexibility index (Phi) is 4.51. The van der Waals surface area contributed by atoms with Gasteiger partial charge in [0, 0.05) is 31.2 Å². The first-order valence-electron chi connectivity index (χ1n) is 7.70. The number of alkyl halides is 3. The number of hydrogen-bond acceptors (Lipinski definition) is 3. The van der Waals surface area contributed by atoms with Gasteiger partial charge in [0.05, 0.1) is 12.7 Å². The molecule has 0 bridgehead atoms. The zero-order valence-electron chi connectivity index (χ0n) is 13.3. The smallest absolute Gasteiger partial charge is 0.416 e. The first kappa shape index (κ1) is 16.8. The Hall–Kier alpha value is -2.05. The molecule has 0 aromatic heterocycles. The average Bonchev–Trinajstić information content (AvgIpc) is 2.91. The quantitative estimate of drug-likeness (QED) is 0.925. The van der Waals surface area contributed by atoms with Gasteiger partial charge in [0.25, 0.3) is 0 Å². The third-order valence-corrected chi connectivity index (χ3v) is 4.47. The summed E-state index contributed by atoms with van der Waals surface area (Å²) in [5.41, 5.74) is 7.23. The maximum absolute atomic E-state index is 13.3. The van der Waals surface area contributed by atoms with Crippen molar-refractivity contribution < 1.29 is 17.9 Å². The third-order valence-electron chi connectivity index (χ3n) is 4.47. The first-order valence-corrected chi connectivity index (χ1v) is 7.70. The summed E-state index contributed by atoms with van der Waals surface area (Å²) in [6.07, 6.45) is -4.36. The average molecular weight is 336 g/mol. The summed E-state index contributed by atoms with van der Waals surface area (Å²) in [7, 11) is 1.58. The number of ether oxygens (including phenoxy) is 1. The van der Waals surface area contributed by atoms with Crippen LogP contribution in [0, 0.1) is 0 Å². The lowest BCUT2D eigenvalue weighted by molar-refractivity contribution is -0.138. The summed E-state index contributed by atoms with van der Waals surface area (Å²) in [6.45, 7) is 0.978. The van der Waals surface area contributed by atoms with Crippen LogP contribution in [0.25, 0.3) is 0 Å².